The molecule has 4 heteroatoms. The molecule has 1 aliphatic rings. The van der Waals surface area contributed by atoms with Crippen LogP contribution in [0.2, 0.25) is 0 Å². The van der Waals surface area contributed by atoms with Crippen LogP contribution >= 0.6 is 0 Å². The van der Waals surface area contributed by atoms with E-state index in [1.54, 1.807) is 0 Å². The molecule has 1 atom stereocenters. The van der Waals surface area contributed by atoms with E-state index in [1.165, 1.54) is 60.4 Å². The number of nitrogens with one attached hydrogen (secondary N) is 1. The molecule has 0 saturated heterocycles. The minimum absolute atomic E-state index is 0.277. The number of aryl methyl sites for hydroxylation is 1. The molecular weight excluding hydrogens is 729 g/mol. The monoisotopic (exact) mass is 768 g/mol. The molecule has 11 rings (SSSR count). The Hall–Kier alpha value is -7.82. The first-order valence-corrected chi connectivity index (χ1v) is 20.5. The minimum atomic E-state index is -0.277. The van der Waals surface area contributed by atoms with Crippen LogP contribution in [0.5, 0.6) is 0 Å². The third-order valence-electron chi connectivity index (χ3n) is 11.7. The maximum absolute atomic E-state index is 5.15. The second kappa shape index (κ2) is 14.8. The Morgan fingerprint density at radius 3 is 1.70 bits per heavy atom. The molecule has 2 heterocycles. The van der Waals surface area contributed by atoms with Crippen LogP contribution in [0.1, 0.15) is 28.4 Å². The predicted octanol–water partition coefficient (Wildman–Crippen LogP) is 13.7. The van der Waals surface area contributed by atoms with Gasteiger partial charge >= 0.3 is 0 Å². The first-order chi connectivity index (χ1) is 29.6. The highest BCUT2D eigenvalue weighted by atomic mass is 15.2. The smallest absolute Gasteiger partial charge is 0.159 e. The molecule has 1 aromatic heterocycles. The van der Waals surface area contributed by atoms with Crippen LogP contribution in [-0.2, 0) is 0 Å². The number of amidine groups is 2. The van der Waals surface area contributed by atoms with Gasteiger partial charge in [0.25, 0.3) is 0 Å². The lowest BCUT2D eigenvalue weighted by molar-refractivity contribution is 0.674. The van der Waals surface area contributed by atoms with Gasteiger partial charge in [0.2, 0.25) is 0 Å². The van der Waals surface area contributed by atoms with E-state index in [2.05, 4.69) is 217 Å². The lowest BCUT2D eigenvalue weighted by Gasteiger charge is -2.24. The van der Waals surface area contributed by atoms with Crippen molar-refractivity contribution in [3.05, 3.63) is 235 Å². The Morgan fingerprint density at radius 2 is 1.00 bits per heavy atom. The summed E-state index contributed by atoms with van der Waals surface area (Å²) < 4.78 is 2.37. The van der Waals surface area contributed by atoms with E-state index in [1.807, 2.05) is 12.1 Å². The van der Waals surface area contributed by atoms with Crippen molar-refractivity contribution in [2.45, 2.75) is 13.1 Å². The van der Waals surface area contributed by atoms with E-state index in [-0.39, 0.29) is 6.17 Å². The lowest BCUT2D eigenvalue weighted by atomic mass is 9.88. The van der Waals surface area contributed by atoms with Crippen molar-refractivity contribution < 1.29 is 0 Å². The zero-order chi connectivity index (χ0) is 40.0. The zero-order valence-electron chi connectivity index (χ0n) is 33.1. The molecule has 0 aliphatic carbocycles. The standard InChI is InChI=1S/C56H40N4/c1-37-20-21-41-32-35-47(40-30-33-46(34-31-40)60-51-18-10-8-16-48(51)49-17-9-11-19-52(49)60)53(50(41)36-37)42-24-28-45(29-25-42)56-58-54(43-14-6-3-7-15-43)57-55(59-56)44-26-22-39(23-27-44)38-12-4-2-5-13-38/h2-36,54H,1H3,(H,57,58,59). The molecule has 0 saturated carbocycles. The molecule has 1 aliphatic heterocycles. The Morgan fingerprint density at radius 1 is 0.450 bits per heavy atom. The number of hydrogen-bond donors (Lipinski definition) is 1. The van der Waals surface area contributed by atoms with Gasteiger partial charge in [-0.05, 0) is 80.9 Å². The summed E-state index contributed by atoms with van der Waals surface area (Å²) >= 11 is 0. The second-order valence-corrected chi connectivity index (χ2v) is 15.5. The van der Waals surface area contributed by atoms with Gasteiger partial charge in [0.05, 0.1) is 11.0 Å². The average molecular weight is 769 g/mol. The van der Waals surface area contributed by atoms with Crippen molar-refractivity contribution in [2.75, 3.05) is 0 Å². The van der Waals surface area contributed by atoms with E-state index < -0.39 is 0 Å². The largest absolute Gasteiger partial charge is 0.344 e. The molecular formula is C56H40N4. The molecule has 4 nitrogen and oxygen atoms in total. The third kappa shape index (κ3) is 6.36. The third-order valence-corrected chi connectivity index (χ3v) is 11.7. The second-order valence-electron chi connectivity index (χ2n) is 15.5. The number of hydrogen-bond acceptors (Lipinski definition) is 3. The number of benzene rings is 9. The summed E-state index contributed by atoms with van der Waals surface area (Å²) in [6.45, 7) is 2.17. The highest BCUT2D eigenvalue weighted by molar-refractivity contribution is 6.14. The molecule has 0 amide bonds. The van der Waals surface area contributed by atoms with Gasteiger partial charge in [-0.15, -0.1) is 0 Å². The summed E-state index contributed by atoms with van der Waals surface area (Å²) in [6.07, 6.45) is -0.277. The van der Waals surface area contributed by atoms with Crippen molar-refractivity contribution in [1.29, 1.82) is 0 Å². The average Bonchev–Trinajstić information content (AvgIpc) is 3.66. The van der Waals surface area contributed by atoms with Gasteiger partial charge in [-0.1, -0.05) is 194 Å². The molecule has 0 radical (unpaired) electrons. The van der Waals surface area contributed by atoms with Crippen LogP contribution in [0, 0.1) is 6.92 Å². The van der Waals surface area contributed by atoms with E-state index >= 15 is 0 Å². The van der Waals surface area contributed by atoms with Crippen LogP contribution in [0.25, 0.3) is 71.6 Å². The fourth-order valence-corrected chi connectivity index (χ4v) is 8.74. The highest BCUT2D eigenvalue weighted by Gasteiger charge is 2.22. The van der Waals surface area contributed by atoms with Crippen molar-refractivity contribution in [3.8, 4) is 39.1 Å². The molecule has 9 aromatic carbocycles. The Balaban J connectivity index is 0.975. The molecule has 10 aromatic rings. The highest BCUT2D eigenvalue weighted by Crippen LogP contribution is 2.40. The molecule has 1 N–H and O–H groups in total. The fraction of sp³-hybridized carbons (Fsp3) is 0.0357. The maximum atomic E-state index is 5.15. The van der Waals surface area contributed by atoms with Crippen LogP contribution in [0.3, 0.4) is 0 Å². The SMILES string of the molecule is Cc1ccc2ccc(-c3ccc(-n4c5ccccc5c5ccccc54)cc3)c(-c3ccc(C4=NC(c5ccc(-c6ccccc6)cc5)=NC(c5ccccc5)N4)cc3)c2c1. The summed E-state index contributed by atoms with van der Waals surface area (Å²) in [5.74, 6) is 1.50. The molecule has 0 bridgehead atoms. The first-order valence-electron chi connectivity index (χ1n) is 20.5. The van der Waals surface area contributed by atoms with E-state index in [9.17, 15) is 0 Å². The van der Waals surface area contributed by atoms with Gasteiger partial charge < -0.3 is 9.88 Å². The van der Waals surface area contributed by atoms with Crippen LogP contribution in [0.15, 0.2) is 222 Å². The Kier molecular flexibility index (Phi) is 8.75. The van der Waals surface area contributed by atoms with E-state index in [0.717, 1.165) is 39.3 Å². The number of fused-ring (bicyclic) bond motifs is 4. The summed E-state index contributed by atoms with van der Waals surface area (Å²) in [6, 6.07) is 75.9. The fourth-order valence-electron chi connectivity index (χ4n) is 8.74. The van der Waals surface area contributed by atoms with Crippen LogP contribution < -0.4 is 5.32 Å². The van der Waals surface area contributed by atoms with Gasteiger partial charge in [0.15, 0.2) is 5.84 Å². The minimum Gasteiger partial charge on any atom is -0.344 e. The van der Waals surface area contributed by atoms with Gasteiger partial charge in [-0.3, -0.25) is 0 Å². The number of rotatable bonds is 7. The number of aromatic nitrogens is 1. The van der Waals surface area contributed by atoms with Crippen molar-refractivity contribution in [2.24, 2.45) is 9.98 Å². The summed E-state index contributed by atoms with van der Waals surface area (Å²) in [7, 11) is 0. The molecule has 284 valence electrons. The van der Waals surface area contributed by atoms with Crippen molar-refractivity contribution >= 4 is 44.2 Å². The number of aliphatic imine (C=N–C) groups is 2. The number of nitrogens with zero attached hydrogens (tertiary/aromatic N) is 3. The quantitative estimate of drug-likeness (QED) is 0.172. The topological polar surface area (TPSA) is 41.7 Å². The van der Waals surface area contributed by atoms with Crippen LogP contribution in [0.4, 0.5) is 0 Å². The maximum Gasteiger partial charge on any atom is 0.159 e. The molecule has 1 unspecified atom stereocenters. The van der Waals surface area contributed by atoms with Gasteiger partial charge in [0, 0.05) is 27.6 Å². The molecule has 60 heavy (non-hydrogen) atoms. The first kappa shape index (κ1) is 35.4. The molecule has 0 fully saturated rings. The van der Waals surface area contributed by atoms with Gasteiger partial charge in [-0.25, -0.2) is 9.98 Å². The summed E-state index contributed by atoms with van der Waals surface area (Å²) in [5.41, 5.74) is 14.9. The van der Waals surface area contributed by atoms with Gasteiger partial charge in [0.1, 0.15) is 12.0 Å². The van der Waals surface area contributed by atoms with E-state index in [0.29, 0.717) is 5.84 Å². The zero-order valence-corrected chi connectivity index (χ0v) is 33.1. The lowest BCUT2D eigenvalue weighted by Crippen LogP contribution is -2.33. The van der Waals surface area contributed by atoms with Crippen molar-refractivity contribution in [1.82, 2.24) is 9.88 Å². The predicted molar refractivity (Wildman–Crippen MR) is 251 cm³/mol. The normalized spacial score (nSPS) is 13.9. The van der Waals surface area contributed by atoms with Crippen molar-refractivity contribution in [3.63, 3.8) is 0 Å². The van der Waals surface area contributed by atoms with Gasteiger partial charge in [-0.2, -0.15) is 0 Å². The summed E-state index contributed by atoms with van der Waals surface area (Å²) in [4.78, 5) is 10.3. The Labute approximate surface area is 349 Å². The van der Waals surface area contributed by atoms with E-state index in [4.69, 9.17) is 9.98 Å². The summed E-state index contributed by atoms with van der Waals surface area (Å²) in [5, 5.41) is 8.63. The number of para-hydroxylation sites is 2. The molecule has 0 spiro atoms. The Bertz CT molecular complexity index is 3200. The van der Waals surface area contributed by atoms with Crippen LogP contribution in [-0.4, -0.2) is 16.2 Å².